The Balaban J connectivity index is 1.36. The lowest BCUT2D eigenvalue weighted by molar-refractivity contribution is 0.0986. The fourth-order valence-corrected chi connectivity index (χ4v) is 5.62. The maximum Gasteiger partial charge on any atom is 0.258 e. The van der Waals surface area contributed by atoms with Crippen LogP contribution in [0.2, 0.25) is 0 Å². The van der Waals surface area contributed by atoms with Crippen molar-refractivity contribution in [1.82, 2.24) is 9.88 Å². The van der Waals surface area contributed by atoms with E-state index >= 15 is 0 Å². The summed E-state index contributed by atoms with van der Waals surface area (Å²) in [5, 5.41) is 4.71. The molecule has 1 amide bonds. The van der Waals surface area contributed by atoms with Crippen molar-refractivity contribution in [2.45, 2.75) is 58.4 Å². The van der Waals surface area contributed by atoms with E-state index in [9.17, 15) is 4.79 Å². The number of hydrogen-bond donors (Lipinski definition) is 2. The second kappa shape index (κ2) is 13.7. The number of fused-ring (bicyclic) bond motifs is 2. The number of carbonyl (C=O) groups is 1. The number of nitrogens with one attached hydrogen (secondary N) is 2. The van der Waals surface area contributed by atoms with Gasteiger partial charge in [-0.15, -0.1) is 0 Å². The zero-order valence-corrected chi connectivity index (χ0v) is 24.8. The second-order valence-corrected chi connectivity index (χ2v) is 11.4. The number of unbranched alkanes of at least 4 members (excludes halogenated alkanes) is 3. The van der Waals surface area contributed by atoms with E-state index in [1.165, 1.54) is 19.3 Å². The van der Waals surface area contributed by atoms with E-state index in [1.807, 2.05) is 53.6 Å². The number of benzene rings is 3. The summed E-state index contributed by atoms with van der Waals surface area (Å²) in [7, 11) is 2.21. The second-order valence-electron chi connectivity index (χ2n) is 11.4. The van der Waals surface area contributed by atoms with Crippen molar-refractivity contribution in [3.8, 4) is 16.9 Å². The van der Waals surface area contributed by atoms with Gasteiger partial charge in [-0.05, 0) is 112 Å². The number of nitrogens with zero attached hydrogens (tertiary/aromatic N) is 2. The van der Waals surface area contributed by atoms with Crippen molar-refractivity contribution in [3.63, 3.8) is 0 Å². The molecule has 2 N–H and O–H groups in total. The normalized spacial score (nSPS) is 15.0. The summed E-state index contributed by atoms with van der Waals surface area (Å²) >= 11 is 0. The Hall–Kier alpha value is -3.77. The largest absolute Gasteiger partial charge is 0.493 e. The minimum atomic E-state index is -0.000425. The van der Waals surface area contributed by atoms with Crippen molar-refractivity contribution in [2.75, 3.05) is 43.5 Å². The first-order valence-corrected chi connectivity index (χ1v) is 15.2. The highest BCUT2D eigenvalue weighted by Gasteiger charge is 2.25. The van der Waals surface area contributed by atoms with Gasteiger partial charge in [-0.2, -0.15) is 0 Å². The topological polar surface area (TPSA) is 60.6 Å². The first-order valence-electron chi connectivity index (χ1n) is 15.2. The molecule has 0 aliphatic carbocycles. The number of hydrogen-bond acceptors (Lipinski definition) is 4. The lowest BCUT2D eigenvalue weighted by atomic mass is 10.0. The summed E-state index contributed by atoms with van der Waals surface area (Å²) in [6.07, 6.45) is 8.70. The monoisotopic (exact) mass is 552 g/mol. The highest BCUT2D eigenvalue weighted by Crippen LogP contribution is 2.35. The van der Waals surface area contributed by atoms with Crippen LogP contribution in [0, 0.1) is 0 Å². The Morgan fingerprint density at radius 1 is 1.00 bits per heavy atom. The molecule has 0 fully saturated rings. The molecule has 1 aliphatic rings. The summed E-state index contributed by atoms with van der Waals surface area (Å²) in [5.74, 6) is 0.760. The van der Waals surface area contributed by atoms with Gasteiger partial charge < -0.3 is 24.8 Å². The highest BCUT2D eigenvalue weighted by atomic mass is 16.5. The lowest BCUT2D eigenvalue weighted by Crippen LogP contribution is -2.32. The standard InChI is InChI=1S/C35H44N4O2/c1-4-5-8-20-38(3)21-9-10-23-41-34-25-29(13-15-30(34)27-14-16-31-28(24-27)17-19-36-31)35(40)39-22-18-26(2)37-32-11-6-7-12-33(32)39/h6-7,11-17,19,24-26,36-37H,4-5,8-10,18,20-23H2,1-3H3/t26-/m0/s1. The van der Waals surface area contributed by atoms with Crippen LogP contribution in [-0.4, -0.2) is 55.1 Å². The first kappa shape index (κ1) is 28.7. The van der Waals surface area contributed by atoms with Crippen molar-refractivity contribution in [3.05, 3.63) is 78.5 Å². The average molecular weight is 553 g/mol. The summed E-state index contributed by atoms with van der Waals surface area (Å²) in [6.45, 7) is 7.92. The minimum absolute atomic E-state index is 0.000425. The summed E-state index contributed by atoms with van der Waals surface area (Å²) in [6, 6.07) is 22.8. The molecule has 0 saturated carbocycles. The maximum atomic E-state index is 14.0. The van der Waals surface area contributed by atoms with Crippen LogP contribution in [0.4, 0.5) is 11.4 Å². The van der Waals surface area contributed by atoms with Gasteiger partial charge in [-0.1, -0.05) is 38.0 Å². The van der Waals surface area contributed by atoms with Gasteiger partial charge in [0.05, 0.1) is 18.0 Å². The number of H-pyrrole nitrogens is 1. The van der Waals surface area contributed by atoms with Gasteiger partial charge in [0.15, 0.2) is 0 Å². The van der Waals surface area contributed by atoms with E-state index in [4.69, 9.17) is 4.74 Å². The Morgan fingerprint density at radius 2 is 1.83 bits per heavy atom. The average Bonchev–Trinajstić information content (AvgIpc) is 3.39. The Kier molecular flexibility index (Phi) is 9.63. The fraction of sp³-hybridized carbons (Fsp3) is 0.400. The molecule has 0 bridgehead atoms. The molecule has 216 valence electrons. The third kappa shape index (κ3) is 7.12. The molecule has 6 nitrogen and oxygen atoms in total. The van der Waals surface area contributed by atoms with E-state index in [2.05, 4.69) is 60.4 Å². The Bertz CT molecular complexity index is 1450. The highest BCUT2D eigenvalue weighted by molar-refractivity contribution is 6.08. The van der Waals surface area contributed by atoms with Crippen molar-refractivity contribution in [1.29, 1.82) is 0 Å². The zero-order valence-electron chi connectivity index (χ0n) is 24.8. The summed E-state index contributed by atoms with van der Waals surface area (Å²) < 4.78 is 6.45. The molecular weight excluding hydrogens is 508 g/mol. The molecule has 0 saturated heterocycles. The maximum absolute atomic E-state index is 14.0. The molecule has 0 spiro atoms. The predicted octanol–water partition coefficient (Wildman–Crippen LogP) is 7.97. The quantitative estimate of drug-likeness (QED) is 0.175. The van der Waals surface area contributed by atoms with Crippen LogP contribution >= 0.6 is 0 Å². The van der Waals surface area contributed by atoms with Crippen LogP contribution in [0.25, 0.3) is 22.0 Å². The number of para-hydroxylation sites is 2. The van der Waals surface area contributed by atoms with Crippen LogP contribution in [0.15, 0.2) is 72.9 Å². The minimum Gasteiger partial charge on any atom is -0.493 e. The number of amides is 1. The molecule has 1 atom stereocenters. The van der Waals surface area contributed by atoms with E-state index in [0.29, 0.717) is 24.8 Å². The van der Waals surface area contributed by atoms with Crippen molar-refractivity contribution >= 4 is 28.2 Å². The molecule has 3 aromatic carbocycles. The summed E-state index contributed by atoms with van der Waals surface area (Å²) in [5.41, 5.74) is 5.76. The number of aromatic amines is 1. The number of rotatable bonds is 12. The number of aromatic nitrogens is 1. The van der Waals surface area contributed by atoms with E-state index in [1.54, 1.807) is 0 Å². The molecule has 0 unspecified atom stereocenters. The number of carbonyl (C=O) groups excluding carboxylic acids is 1. The molecule has 6 heteroatoms. The van der Waals surface area contributed by atoms with E-state index in [-0.39, 0.29) is 5.91 Å². The Labute approximate surface area is 244 Å². The first-order chi connectivity index (χ1) is 20.0. The molecule has 4 aromatic rings. The third-order valence-corrected chi connectivity index (χ3v) is 8.06. The molecule has 2 heterocycles. The van der Waals surface area contributed by atoms with Gasteiger partial charge in [0.2, 0.25) is 0 Å². The SMILES string of the molecule is CCCCCN(C)CCCCOc1cc(C(=O)N2CC[C@H](C)Nc3ccccc32)ccc1-c1ccc2[nH]ccc2c1. The predicted molar refractivity (Wildman–Crippen MR) is 171 cm³/mol. The van der Waals surface area contributed by atoms with Gasteiger partial charge >= 0.3 is 0 Å². The van der Waals surface area contributed by atoms with Gasteiger partial charge in [0, 0.05) is 35.4 Å². The molecule has 1 aliphatic heterocycles. The van der Waals surface area contributed by atoms with Crippen LogP contribution in [-0.2, 0) is 0 Å². The van der Waals surface area contributed by atoms with Crippen molar-refractivity contribution in [2.24, 2.45) is 0 Å². The van der Waals surface area contributed by atoms with Gasteiger partial charge in [0.1, 0.15) is 5.75 Å². The lowest BCUT2D eigenvalue weighted by Gasteiger charge is -2.23. The fourth-order valence-electron chi connectivity index (χ4n) is 5.62. The van der Waals surface area contributed by atoms with E-state index in [0.717, 1.165) is 71.5 Å². The van der Waals surface area contributed by atoms with Gasteiger partial charge in [-0.3, -0.25) is 4.79 Å². The summed E-state index contributed by atoms with van der Waals surface area (Å²) in [4.78, 5) is 21.6. The van der Waals surface area contributed by atoms with Crippen LogP contribution in [0.1, 0.15) is 62.7 Å². The van der Waals surface area contributed by atoms with Gasteiger partial charge in [-0.25, -0.2) is 0 Å². The molecule has 0 radical (unpaired) electrons. The zero-order chi connectivity index (χ0) is 28.6. The van der Waals surface area contributed by atoms with Crippen LogP contribution in [0.3, 0.4) is 0 Å². The van der Waals surface area contributed by atoms with Crippen LogP contribution < -0.4 is 15.0 Å². The van der Waals surface area contributed by atoms with Gasteiger partial charge in [0.25, 0.3) is 5.91 Å². The molecular formula is C35H44N4O2. The third-order valence-electron chi connectivity index (χ3n) is 8.06. The smallest absolute Gasteiger partial charge is 0.258 e. The van der Waals surface area contributed by atoms with Crippen LogP contribution in [0.5, 0.6) is 5.75 Å². The molecule has 5 rings (SSSR count). The Morgan fingerprint density at radius 3 is 2.68 bits per heavy atom. The molecule has 41 heavy (non-hydrogen) atoms. The molecule has 1 aromatic heterocycles. The number of ether oxygens (including phenoxy) is 1. The van der Waals surface area contributed by atoms with E-state index < -0.39 is 0 Å². The number of anilines is 2. The van der Waals surface area contributed by atoms with Crippen molar-refractivity contribution < 1.29 is 9.53 Å².